The van der Waals surface area contributed by atoms with E-state index in [2.05, 4.69) is 0 Å². The highest BCUT2D eigenvalue weighted by Crippen LogP contribution is 2.42. The van der Waals surface area contributed by atoms with Crippen LogP contribution in [0.1, 0.15) is 39.2 Å². The summed E-state index contributed by atoms with van der Waals surface area (Å²) in [5, 5.41) is 13.5. The molecule has 0 radical (unpaired) electrons. The van der Waals surface area contributed by atoms with Gasteiger partial charge in [0.05, 0.1) is 18.7 Å². The molecular weight excluding hydrogens is 497 g/mol. The highest BCUT2D eigenvalue weighted by Gasteiger charge is 2.53. The third-order valence-electron chi connectivity index (χ3n) is 5.26. The Labute approximate surface area is 181 Å². The molecule has 2 aliphatic heterocycles. The fraction of sp³-hybridized carbons (Fsp3) is 0.500. The molecule has 2 heterocycles. The lowest BCUT2D eigenvalue weighted by atomic mass is 9.91. The predicted octanol–water partition coefficient (Wildman–Crippen LogP) is 3.69. The number of aliphatic hydroxyl groups is 1. The van der Waals surface area contributed by atoms with Crippen molar-refractivity contribution in [2.24, 2.45) is 5.92 Å². The van der Waals surface area contributed by atoms with E-state index in [-0.39, 0.29) is 23.8 Å². The third-order valence-corrected chi connectivity index (χ3v) is 5.88. The first kappa shape index (κ1) is 21.9. The van der Waals surface area contributed by atoms with E-state index in [0.29, 0.717) is 23.0 Å². The summed E-state index contributed by atoms with van der Waals surface area (Å²) in [4.78, 5) is 25.7. The summed E-state index contributed by atoms with van der Waals surface area (Å²) in [6, 6.07) is 2.36. The van der Waals surface area contributed by atoms with Gasteiger partial charge in [0, 0.05) is 15.7 Å². The van der Waals surface area contributed by atoms with E-state index in [1.807, 2.05) is 13.8 Å². The van der Waals surface area contributed by atoms with Crippen LogP contribution in [-0.4, -0.2) is 45.7 Å². The van der Waals surface area contributed by atoms with Crippen LogP contribution in [0.15, 0.2) is 23.5 Å². The van der Waals surface area contributed by atoms with Crippen molar-refractivity contribution < 1.29 is 28.2 Å². The van der Waals surface area contributed by atoms with E-state index in [1.165, 1.54) is 12.1 Å². The van der Waals surface area contributed by atoms with Gasteiger partial charge in [-0.15, -0.1) is 0 Å². The van der Waals surface area contributed by atoms with E-state index < -0.39 is 41.2 Å². The van der Waals surface area contributed by atoms with Gasteiger partial charge in [-0.1, -0.05) is 13.8 Å². The molecule has 0 spiro atoms. The van der Waals surface area contributed by atoms with Crippen molar-refractivity contribution in [3.05, 3.63) is 44.2 Å². The highest BCUT2D eigenvalue weighted by atomic mass is 127. The molecule has 1 atom stereocenters. The number of amides is 1. The zero-order valence-corrected chi connectivity index (χ0v) is 18.6. The first-order valence-corrected chi connectivity index (χ1v) is 10.5. The molecule has 9 heteroatoms. The number of esters is 1. The molecule has 29 heavy (non-hydrogen) atoms. The van der Waals surface area contributed by atoms with Gasteiger partial charge >= 0.3 is 5.97 Å². The SMILES string of the molecule is CC(C)COC(=O)C1=C(O)C2(C)CCCN2N(Cc2c(F)cc(I)cc2F)C1=O. The summed E-state index contributed by atoms with van der Waals surface area (Å²) in [6.45, 7) is 5.50. The van der Waals surface area contributed by atoms with E-state index >= 15 is 0 Å². The normalized spacial score (nSPS) is 22.4. The first-order chi connectivity index (χ1) is 13.6. The Morgan fingerprint density at radius 1 is 1.34 bits per heavy atom. The molecular formula is C20H23F2IN2O4. The number of fused-ring (bicyclic) bond motifs is 1. The molecule has 3 rings (SSSR count). The molecule has 1 aromatic rings. The van der Waals surface area contributed by atoms with E-state index in [9.17, 15) is 23.5 Å². The van der Waals surface area contributed by atoms with Crippen LogP contribution in [0.2, 0.25) is 0 Å². The lowest BCUT2D eigenvalue weighted by Gasteiger charge is -2.46. The average Bonchev–Trinajstić information content (AvgIpc) is 3.02. The lowest BCUT2D eigenvalue weighted by Crippen LogP contribution is -2.60. The van der Waals surface area contributed by atoms with Crippen LogP contribution in [0.5, 0.6) is 0 Å². The molecule has 1 aromatic carbocycles. The monoisotopic (exact) mass is 520 g/mol. The molecule has 1 N–H and O–H groups in total. The summed E-state index contributed by atoms with van der Waals surface area (Å²) >= 11 is 1.81. The maximum atomic E-state index is 14.4. The number of carbonyl (C=O) groups is 2. The van der Waals surface area contributed by atoms with Gasteiger partial charge in [-0.25, -0.2) is 18.6 Å². The minimum Gasteiger partial charge on any atom is -0.509 e. The van der Waals surface area contributed by atoms with Crippen LogP contribution in [0.3, 0.4) is 0 Å². The Hall–Kier alpha value is -1.75. The molecule has 158 valence electrons. The van der Waals surface area contributed by atoms with Crippen molar-refractivity contribution in [1.82, 2.24) is 10.0 Å². The van der Waals surface area contributed by atoms with Crippen LogP contribution in [0, 0.1) is 21.1 Å². The second-order valence-corrected chi connectivity index (χ2v) is 9.17. The molecule has 2 aliphatic rings. The van der Waals surface area contributed by atoms with Crippen molar-refractivity contribution in [1.29, 1.82) is 0 Å². The Balaban J connectivity index is 2.01. The number of hydrazine groups is 1. The van der Waals surface area contributed by atoms with Crippen molar-refractivity contribution >= 4 is 34.5 Å². The summed E-state index contributed by atoms with van der Waals surface area (Å²) < 4.78 is 34.4. The second kappa shape index (κ2) is 8.17. The second-order valence-electron chi connectivity index (χ2n) is 7.93. The number of halogens is 3. The third kappa shape index (κ3) is 3.98. The van der Waals surface area contributed by atoms with Gasteiger partial charge in [-0.3, -0.25) is 9.80 Å². The smallest absolute Gasteiger partial charge is 0.347 e. The minimum absolute atomic E-state index is 0.0463. The minimum atomic E-state index is -1.02. The van der Waals surface area contributed by atoms with Gasteiger partial charge in [0.1, 0.15) is 17.4 Å². The highest BCUT2D eigenvalue weighted by molar-refractivity contribution is 14.1. The fourth-order valence-corrected chi connectivity index (χ4v) is 4.26. The molecule has 1 saturated heterocycles. The van der Waals surface area contributed by atoms with Gasteiger partial charge in [0.2, 0.25) is 0 Å². The standard InChI is InChI=1S/C20H23F2IN2O4/c1-11(2)10-29-19(28)16-17(26)20(3)5-4-6-25(20)24(18(16)27)9-13-14(21)7-12(23)8-15(13)22/h7-8,11,26H,4-6,9-10H2,1-3H3. The average molecular weight is 520 g/mol. The summed E-state index contributed by atoms with van der Waals surface area (Å²) in [6.07, 6.45) is 1.14. The lowest BCUT2D eigenvalue weighted by molar-refractivity contribution is -0.164. The first-order valence-electron chi connectivity index (χ1n) is 9.40. The topological polar surface area (TPSA) is 70.1 Å². The van der Waals surface area contributed by atoms with Crippen LogP contribution in [0.4, 0.5) is 8.78 Å². The van der Waals surface area contributed by atoms with Crippen molar-refractivity contribution in [2.75, 3.05) is 13.2 Å². The Morgan fingerprint density at radius 2 is 1.97 bits per heavy atom. The molecule has 0 aromatic heterocycles. The number of hydrogen-bond donors (Lipinski definition) is 1. The molecule has 0 aliphatic carbocycles. The molecule has 0 bridgehead atoms. The van der Waals surface area contributed by atoms with Crippen molar-refractivity contribution in [3.63, 3.8) is 0 Å². The predicted molar refractivity (Wildman–Crippen MR) is 109 cm³/mol. The van der Waals surface area contributed by atoms with E-state index in [4.69, 9.17) is 4.74 Å². The summed E-state index contributed by atoms with van der Waals surface area (Å²) in [7, 11) is 0. The van der Waals surface area contributed by atoms with Gasteiger partial charge < -0.3 is 9.84 Å². The Kier molecular flexibility index (Phi) is 6.19. The number of rotatable bonds is 5. The van der Waals surface area contributed by atoms with Gasteiger partial charge in [-0.05, 0) is 60.4 Å². The number of hydrogen-bond acceptors (Lipinski definition) is 5. The van der Waals surface area contributed by atoms with Gasteiger partial charge in [0.15, 0.2) is 5.57 Å². The van der Waals surface area contributed by atoms with E-state index in [1.54, 1.807) is 34.5 Å². The van der Waals surface area contributed by atoms with Crippen LogP contribution in [-0.2, 0) is 20.9 Å². The van der Waals surface area contributed by atoms with E-state index in [0.717, 1.165) is 5.01 Å². The molecule has 0 saturated carbocycles. The summed E-state index contributed by atoms with van der Waals surface area (Å²) in [5.41, 5.74) is -1.77. The Morgan fingerprint density at radius 3 is 2.55 bits per heavy atom. The van der Waals surface area contributed by atoms with Gasteiger partial charge in [0.25, 0.3) is 5.91 Å². The fourth-order valence-electron chi connectivity index (χ4n) is 3.71. The maximum absolute atomic E-state index is 14.4. The van der Waals surface area contributed by atoms with Crippen LogP contribution < -0.4 is 0 Å². The quantitative estimate of drug-likeness (QED) is 0.365. The number of benzene rings is 1. The number of aliphatic hydroxyl groups excluding tert-OH is 1. The number of nitrogens with zero attached hydrogens (tertiary/aromatic N) is 2. The molecule has 1 amide bonds. The van der Waals surface area contributed by atoms with Gasteiger partial charge in [-0.2, -0.15) is 0 Å². The summed E-state index contributed by atoms with van der Waals surface area (Å²) in [5.74, 6) is -3.61. The zero-order chi connectivity index (χ0) is 21.5. The van der Waals surface area contributed by atoms with Crippen LogP contribution in [0.25, 0.3) is 0 Å². The largest absolute Gasteiger partial charge is 0.509 e. The Bertz CT molecular complexity index is 866. The molecule has 1 unspecified atom stereocenters. The van der Waals surface area contributed by atoms with Crippen molar-refractivity contribution in [2.45, 2.75) is 45.7 Å². The van der Waals surface area contributed by atoms with Crippen LogP contribution >= 0.6 is 22.6 Å². The number of ether oxygens (including phenoxy) is 1. The zero-order valence-electron chi connectivity index (χ0n) is 16.5. The van der Waals surface area contributed by atoms with Crippen molar-refractivity contribution in [3.8, 4) is 0 Å². The maximum Gasteiger partial charge on any atom is 0.347 e. The molecule has 1 fully saturated rings. The number of carbonyl (C=O) groups excluding carboxylic acids is 2. The molecule has 6 nitrogen and oxygen atoms in total.